The molecular formula is C22H22N2O5S. The molecule has 0 spiro atoms. The predicted molar refractivity (Wildman–Crippen MR) is 114 cm³/mol. The molecule has 30 heavy (non-hydrogen) atoms. The molecule has 0 aliphatic rings. The summed E-state index contributed by atoms with van der Waals surface area (Å²) in [6.07, 6.45) is 0. The fourth-order valence-corrected chi connectivity index (χ4v) is 4.01. The number of methoxy groups -OCH3 is 1. The molecule has 1 heterocycles. The topological polar surface area (TPSA) is 87.0 Å². The van der Waals surface area contributed by atoms with Crippen molar-refractivity contribution in [3.63, 3.8) is 0 Å². The van der Waals surface area contributed by atoms with Gasteiger partial charge in [0.2, 0.25) is 0 Å². The van der Waals surface area contributed by atoms with E-state index in [1.165, 1.54) is 25.4 Å². The molecule has 1 amide bonds. The SMILES string of the molecule is CCOCCn1c(=NC(=O)c2ccc(C(C)=O)cc2)sc2cc(C(=O)OC)ccc21. The summed E-state index contributed by atoms with van der Waals surface area (Å²) in [5, 5.41) is 0. The van der Waals surface area contributed by atoms with Gasteiger partial charge in [0, 0.05) is 24.3 Å². The van der Waals surface area contributed by atoms with Crippen molar-refractivity contribution in [2.24, 2.45) is 4.99 Å². The number of hydrogen-bond donors (Lipinski definition) is 0. The lowest BCUT2D eigenvalue weighted by Gasteiger charge is -2.06. The van der Waals surface area contributed by atoms with Crippen LogP contribution in [0.3, 0.4) is 0 Å². The van der Waals surface area contributed by atoms with Crippen LogP contribution >= 0.6 is 11.3 Å². The van der Waals surface area contributed by atoms with Crippen molar-refractivity contribution in [2.45, 2.75) is 20.4 Å². The number of ketones is 1. The first-order valence-corrected chi connectivity index (χ1v) is 10.3. The van der Waals surface area contributed by atoms with Gasteiger partial charge in [0.05, 0.1) is 29.5 Å². The lowest BCUT2D eigenvalue weighted by atomic mass is 10.1. The summed E-state index contributed by atoms with van der Waals surface area (Å²) in [6, 6.07) is 11.6. The zero-order valence-electron chi connectivity index (χ0n) is 17.0. The summed E-state index contributed by atoms with van der Waals surface area (Å²) in [5.74, 6) is -0.896. The average Bonchev–Trinajstić information content (AvgIpc) is 3.09. The second-order valence-corrected chi connectivity index (χ2v) is 7.47. The molecule has 0 saturated carbocycles. The van der Waals surface area contributed by atoms with Crippen molar-refractivity contribution in [3.05, 3.63) is 64.0 Å². The standard InChI is InChI=1S/C22H22N2O5S/c1-4-29-12-11-24-18-10-9-17(21(27)28-3)13-19(18)30-22(24)23-20(26)16-7-5-15(6-8-16)14(2)25/h5-10,13H,4,11-12H2,1-3H3. The fourth-order valence-electron chi connectivity index (χ4n) is 2.92. The number of fused-ring (bicyclic) bond motifs is 1. The van der Waals surface area contributed by atoms with Crippen LogP contribution in [0.5, 0.6) is 0 Å². The van der Waals surface area contributed by atoms with Crippen LogP contribution in [0.4, 0.5) is 0 Å². The first-order chi connectivity index (χ1) is 14.4. The molecule has 0 saturated heterocycles. The van der Waals surface area contributed by atoms with Gasteiger partial charge in [-0.15, -0.1) is 0 Å². The average molecular weight is 426 g/mol. The molecule has 0 unspecified atom stereocenters. The van der Waals surface area contributed by atoms with Crippen LogP contribution in [-0.2, 0) is 16.0 Å². The van der Waals surface area contributed by atoms with Crippen molar-refractivity contribution in [1.82, 2.24) is 4.57 Å². The number of rotatable bonds is 7. The maximum Gasteiger partial charge on any atom is 0.337 e. The number of esters is 1. The molecule has 0 fully saturated rings. The molecule has 3 rings (SSSR count). The second kappa shape index (κ2) is 9.60. The Kier molecular flexibility index (Phi) is 6.91. The van der Waals surface area contributed by atoms with E-state index in [9.17, 15) is 14.4 Å². The summed E-state index contributed by atoms with van der Waals surface area (Å²) in [7, 11) is 1.33. The van der Waals surface area contributed by atoms with Crippen molar-refractivity contribution in [3.8, 4) is 0 Å². The molecule has 0 atom stereocenters. The van der Waals surface area contributed by atoms with Gasteiger partial charge >= 0.3 is 5.97 Å². The number of nitrogens with zero attached hydrogens (tertiary/aromatic N) is 2. The fraction of sp³-hybridized carbons (Fsp3) is 0.273. The summed E-state index contributed by atoms with van der Waals surface area (Å²) in [5.41, 5.74) is 2.21. The smallest absolute Gasteiger partial charge is 0.337 e. The van der Waals surface area contributed by atoms with E-state index in [0.717, 1.165) is 10.2 Å². The Hall–Kier alpha value is -3.10. The van der Waals surface area contributed by atoms with Crippen molar-refractivity contribution >= 4 is 39.2 Å². The highest BCUT2D eigenvalue weighted by Crippen LogP contribution is 2.20. The molecule has 0 radical (unpaired) electrons. The molecule has 3 aromatic rings. The van der Waals surface area contributed by atoms with Crippen molar-refractivity contribution in [1.29, 1.82) is 0 Å². The van der Waals surface area contributed by atoms with Crippen LogP contribution in [-0.4, -0.2) is 42.6 Å². The van der Waals surface area contributed by atoms with Gasteiger partial charge in [-0.2, -0.15) is 4.99 Å². The number of aromatic nitrogens is 1. The zero-order chi connectivity index (χ0) is 21.7. The number of Topliss-reactive ketones (excluding diaryl/α,β-unsaturated/α-hetero) is 1. The highest BCUT2D eigenvalue weighted by molar-refractivity contribution is 7.16. The Morgan fingerprint density at radius 3 is 2.33 bits per heavy atom. The zero-order valence-corrected chi connectivity index (χ0v) is 17.8. The van der Waals surface area contributed by atoms with E-state index in [-0.39, 0.29) is 5.78 Å². The number of hydrogen-bond acceptors (Lipinski definition) is 6. The maximum absolute atomic E-state index is 12.7. The van der Waals surface area contributed by atoms with Crippen LogP contribution in [0, 0.1) is 0 Å². The molecule has 7 nitrogen and oxygen atoms in total. The number of carbonyl (C=O) groups excluding carboxylic acids is 3. The molecule has 0 aliphatic heterocycles. The van der Waals surface area contributed by atoms with E-state index in [1.54, 1.807) is 36.4 Å². The Bertz CT molecular complexity index is 1160. The van der Waals surface area contributed by atoms with Gasteiger partial charge in [0.15, 0.2) is 10.6 Å². The lowest BCUT2D eigenvalue weighted by Crippen LogP contribution is -2.19. The minimum absolute atomic E-state index is 0.0642. The number of thiazole rings is 1. The van der Waals surface area contributed by atoms with Gasteiger partial charge in [-0.3, -0.25) is 9.59 Å². The predicted octanol–water partition coefficient (Wildman–Crippen LogP) is 3.47. The van der Waals surface area contributed by atoms with Gasteiger partial charge < -0.3 is 14.0 Å². The van der Waals surface area contributed by atoms with Crippen LogP contribution in [0.25, 0.3) is 10.2 Å². The van der Waals surface area contributed by atoms with E-state index in [0.29, 0.717) is 41.3 Å². The summed E-state index contributed by atoms with van der Waals surface area (Å²) in [6.45, 7) is 4.96. The van der Waals surface area contributed by atoms with Crippen LogP contribution in [0.2, 0.25) is 0 Å². The Balaban J connectivity index is 2.04. The maximum atomic E-state index is 12.7. The summed E-state index contributed by atoms with van der Waals surface area (Å²) in [4.78, 5) is 40.8. The molecule has 8 heteroatoms. The normalized spacial score (nSPS) is 11.6. The highest BCUT2D eigenvalue weighted by Gasteiger charge is 2.13. The van der Waals surface area contributed by atoms with Crippen molar-refractivity contribution < 1.29 is 23.9 Å². The van der Waals surface area contributed by atoms with Gasteiger partial charge in [-0.05, 0) is 44.2 Å². The first-order valence-electron chi connectivity index (χ1n) is 9.44. The monoisotopic (exact) mass is 426 g/mol. The third-order valence-electron chi connectivity index (χ3n) is 4.50. The molecule has 0 N–H and O–H groups in total. The Morgan fingerprint density at radius 1 is 1.03 bits per heavy atom. The van der Waals surface area contributed by atoms with Gasteiger partial charge in [0.1, 0.15) is 0 Å². The molecule has 0 bridgehead atoms. The second-order valence-electron chi connectivity index (χ2n) is 6.46. The van der Waals surface area contributed by atoms with Gasteiger partial charge in [0.25, 0.3) is 5.91 Å². The minimum atomic E-state index is -0.425. The first kappa shape index (κ1) is 21.6. The van der Waals surface area contributed by atoms with E-state index in [1.807, 2.05) is 17.6 Å². The van der Waals surface area contributed by atoms with Gasteiger partial charge in [-0.25, -0.2) is 4.79 Å². The summed E-state index contributed by atoms with van der Waals surface area (Å²) >= 11 is 1.31. The van der Waals surface area contributed by atoms with Crippen molar-refractivity contribution in [2.75, 3.05) is 20.3 Å². The van der Waals surface area contributed by atoms with E-state index in [2.05, 4.69) is 4.99 Å². The molecule has 2 aromatic carbocycles. The number of ether oxygens (including phenoxy) is 2. The van der Waals surface area contributed by atoms with E-state index in [4.69, 9.17) is 9.47 Å². The van der Waals surface area contributed by atoms with E-state index >= 15 is 0 Å². The largest absolute Gasteiger partial charge is 0.465 e. The van der Waals surface area contributed by atoms with Crippen LogP contribution < -0.4 is 4.80 Å². The molecule has 156 valence electrons. The number of carbonyl (C=O) groups is 3. The third-order valence-corrected chi connectivity index (χ3v) is 5.54. The van der Waals surface area contributed by atoms with Gasteiger partial charge in [-0.1, -0.05) is 23.5 Å². The van der Waals surface area contributed by atoms with Crippen LogP contribution in [0.15, 0.2) is 47.5 Å². The third kappa shape index (κ3) is 4.72. The summed E-state index contributed by atoms with van der Waals surface area (Å²) < 4.78 is 13.0. The molecular weight excluding hydrogens is 404 g/mol. The number of amides is 1. The number of benzene rings is 2. The Morgan fingerprint density at radius 2 is 1.70 bits per heavy atom. The van der Waals surface area contributed by atoms with Crippen LogP contribution in [0.1, 0.15) is 44.9 Å². The highest BCUT2D eigenvalue weighted by atomic mass is 32.1. The molecule has 1 aromatic heterocycles. The quantitative estimate of drug-likeness (QED) is 0.328. The molecule has 0 aliphatic carbocycles. The van der Waals surface area contributed by atoms with E-state index < -0.39 is 11.9 Å². The minimum Gasteiger partial charge on any atom is -0.465 e. The lowest BCUT2D eigenvalue weighted by molar-refractivity contribution is 0.0600. The Labute approximate surface area is 177 Å².